The zero-order valence-corrected chi connectivity index (χ0v) is 12.4. The summed E-state index contributed by atoms with van der Waals surface area (Å²) in [5, 5.41) is 0.344. The van der Waals surface area contributed by atoms with Crippen molar-refractivity contribution in [1.82, 2.24) is 9.97 Å². The predicted octanol–water partition coefficient (Wildman–Crippen LogP) is 3.69. The average molecular weight is 379 g/mol. The molecule has 0 unspecified atom stereocenters. The largest absolute Gasteiger partial charge is 0.378 e. The van der Waals surface area contributed by atoms with Gasteiger partial charge in [0.15, 0.2) is 5.82 Å². The van der Waals surface area contributed by atoms with E-state index in [1.54, 1.807) is 19.2 Å². The maximum atomic E-state index is 13.2. The minimum atomic E-state index is -0.334. The smallest absolute Gasteiger partial charge is 0.161 e. The molecule has 0 amide bonds. The molecule has 0 bridgehead atoms. The van der Waals surface area contributed by atoms with Crippen LogP contribution in [0.3, 0.4) is 0 Å². The van der Waals surface area contributed by atoms with E-state index in [2.05, 4.69) is 32.6 Å². The number of hydrogen-bond donors (Lipinski definition) is 0. The molecule has 18 heavy (non-hydrogen) atoms. The van der Waals surface area contributed by atoms with E-state index in [0.717, 1.165) is 3.57 Å². The third-order valence-corrected chi connectivity index (χ3v) is 3.97. The molecule has 0 fully saturated rings. The average Bonchev–Trinajstić information content (AvgIpc) is 2.35. The Morgan fingerprint density at radius 1 is 1.39 bits per heavy atom. The molecule has 0 aliphatic carbocycles. The Morgan fingerprint density at radius 3 is 2.83 bits per heavy atom. The van der Waals surface area contributed by atoms with Gasteiger partial charge in [0.05, 0.1) is 15.9 Å². The molecule has 0 saturated heterocycles. The Bertz CT molecular complexity index is 580. The molecule has 0 aliphatic heterocycles. The maximum absolute atomic E-state index is 13.2. The summed E-state index contributed by atoms with van der Waals surface area (Å²) in [6.07, 6.45) is 0. The van der Waals surface area contributed by atoms with E-state index < -0.39 is 0 Å². The first-order valence-electron chi connectivity index (χ1n) is 5.08. The van der Waals surface area contributed by atoms with Gasteiger partial charge in [-0.3, -0.25) is 0 Å². The molecule has 0 radical (unpaired) electrons. The third kappa shape index (κ3) is 2.96. The minimum absolute atomic E-state index is 0.334. The summed E-state index contributed by atoms with van der Waals surface area (Å²) >= 11 is 8.10. The first-order chi connectivity index (χ1) is 8.61. The molecule has 0 aliphatic rings. The number of ether oxygens (including phenoxy) is 1. The van der Waals surface area contributed by atoms with Crippen molar-refractivity contribution in [3.63, 3.8) is 0 Å². The standard InChI is InChI=1S/C12H9ClFIN2O/c1-18-6-9-10(15)11(13)17-12(16-9)7-3-2-4-8(14)5-7/h2-5H,6H2,1H3. The molecular formula is C12H9ClFIN2O. The van der Waals surface area contributed by atoms with Gasteiger partial charge in [0.25, 0.3) is 0 Å². The lowest BCUT2D eigenvalue weighted by atomic mass is 10.2. The summed E-state index contributed by atoms with van der Waals surface area (Å²) < 4.78 is 19.0. The number of benzene rings is 1. The topological polar surface area (TPSA) is 35.0 Å². The van der Waals surface area contributed by atoms with Crippen molar-refractivity contribution in [2.75, 3.05) is 7.11 Å². The van der Waals surface area contributed by atoms with Crippen LogP contribution in [0.1, 0.15) is 5.69 Å². The van der Waals surface area contributed by atoms with Crippen molar-refractivity contribution in [2.24, 2.45) is 0 Å². The van der Waals surface area contributed by atoms with Gasteiger partial charge in [0.1, 0.15) is 11.0 Å². The van der Waals surface area contributed by atoms with Gasteiger partial charge in [-0.1, -0.05) is 23.7 Å². The van der Waals surface area contributed by atoms with Crippen LogP contribution in [0.4, 0.5) is 4.39 Å². The molecule has 1 aromatic carbocycles. The van der Waals surface area contributed by atoms with E-state index in [0.29, 0.717) is 28.8 Å². The first kappa shape index (κ1) is 13.6. The highest BCUT2D eigenvalue weighted by atomic mass is 127. The summed E-state index contributed by atoms with van der Waals surface area (Å²) in [7, 11) is 1.58. The van der Waals surface area contributed by atoms with Crippen molar-refractivity contribution >= 4 is 34.2 Å². The zero-order chi connectivity index (χ0) is 13.1. The van der Waals surface area contributed by atoms with E-state index in [1.165, 1.54) is 12.1 Å². The van der Waals surface area contributed by atoms with Crippen molar-refractivity contribution in [2.45, 2.75) is 6.61 Å². The summed E-state index contributed by atoms with van der Waals surface area (Å²) in [5.41, 5.74) is 1.28. The van der Waals surface area contributed by atoms with Crippen LogP contribution in [0.5, 0.6) is 0 Å². The summed E-state index contributed by atoms with van der Waals surface area (Å²) in [5.74, 6) is 0.0611. The summed E-state index contributed by atoms with van der Waals surface area (Å²) in [6, 6.07) is 6.08. The van der Waals surface area contributed by atoms with Gasteiger partial charge in [-0.15, -0.1) is 0 Å². The van der Waals surface area contributed by atoms with E-state index in [1.807, 2.05) is 0 Å². The van der Waals surface area contributed by atoms with Gasteiger partial charge in [0.2, 0.25) is 0 Å². The van der Waals surface area contributed by atoms with Crippen LogP contribution in [-0.4, -0.2) is 17.1 Å². The lowest BCUT2D eigenvalue weighted by Crippen LogP contribution is -2.02. The van der Waals surface area contributed by atoms with Crippen LogP contribution in [0.2, 0.25) is 5.15 Å². The molecule has 3 nitrogen and oxygen atoms in total. The van der Waals surface area contributed by atoms with E-state index in [-0.39, 0.29) is 5.82 Å². The number of methoxy groups -OCH3 is 1. The molecule has 0 spiro atoms. The van der Waals surface area contributed by atoms with Crippen LogP contribution in [-0.2, 0) is 11.3 Å². The second-order valence-electron chi connectivity index (χ2n) is 3.54. The van der Waals surface area contributed by atoms with Gasteiger partial charge in [0, 0.05) is 12.7 Å². The third-order valence-electron chi connectivity index (χ3n) is 2.24. The van der Waals surface area contributed by atoms with E-state index in [4.69, 9.17) is 16.3 Å². The van der Waals surface area contributed by atoms with Crippen molar-refractivity contribution in [3.8, 4) is 11.4 Å². The summed E-state index contributed by atoms with van der Waals surface area (Å²) in [4.78, 5) is 8.49. The van der Waals surface area contributed by atoms with Crippen molar-refractivity contribution in [1.29, 1.82) is 0 Å². The molecule has 0 N–H and O–H groups in total. The molecular weight excluding hydrogens is 370 g/mol. The van der Waals surface area contributed by atoms with Crippen LogP contribution in [0.25, 0.3) is 11.4 Å². The Kier molecular flexibility index (Phi) is 4.47. The Morgan fingerprint density at radius 2 is 2.17 bits per heavy atom. The Balaban J connectivity index is 2.51. The number of rotatable bonds is 3. The fourth-order valence-electron chi connectivity index (χ4n) is 1.45. The summed E-state index contributed by atoms with van der Waals surface area (Å²) in [6.45, 7) is 0.336. The van der Waals surface area contributed by atoms with Crippen LogP contribution < -0.4 is 0 Å². The quantitative estimate of drug-likeness (QED) is 0.604. The number of nitrogens with zero attached hydrogens (tertiary/aromatic N) is 2. The first-order valence-corrected chi connectivity index (χ1v) is 6.54. The second-order valence-corrected chi connectivity index (χ2v) is 4.98. The molecule has 0 saturated carbocycles. The Labute approximate surface area is 123 Å². The number of halogens is 3. The van der Waals surface area contributed by atoms with Gasteiger partial charge >= 0.3 is 0 Å². The fourth-order valence-corrected chi connectivity index (χ4v) is 2.04. The molecule has 2 aromatic rings. The normalized spacial score (nSPS) is 10.7. The molecule has 94 valence electrons. The molecule has 0 atom stereocenters. The monoisotopic (exact) mass is 378 g/mol. The predicted molar refractivity (Wildman–Crippen MR) is 75.9 cm³/mol. The van der Waals surface area contributed by atoms with E-state index >= 15 is 0 Å². The molecule has 1 aromatic heterocycles. The van der Waals surface area contributed by atoms with Crippen molar-refractivity contribution < 1.29 is 9.13 Å². The van der Waals surface area contributed by atoms with Crippen LogP contribution in [0, 0.1) is 9.39 Å². The van der Waals surface area contributed by atoms with Gasteiger partial charge < -0.3 is 4.74 Å². The maximum Gasteiger partial charge on any atom is 0.161 e. The fraction of sp³-hybridized carbons (Fsp3) is 0.167. The van der Waals surface area contributed by atoms with E-state index in [9.17, 15) is 4.39 Å². The second kappa shape index (κ2) is 5.90. The minimum Gasteiger partial charge on any atom is -0.378 e. The highest BCUT2D eigenvalue weighted by Crippen LogP contribution is 2.24. The van der Waals surface area contributed by atoms with Crippen LogP contribution in [0.15, 0.2) is 24.3 Å². The lowest BCUT2D eigenvalue weighted by molar-refractivity contribution is 0.181. The lowest BCUT2D eigenvalue weighted by Gasteiger charge is -2.07. The highest BCUT2D eigenvalue weighted by molar-refractivity contribution is 14.1. The Hall–Kier alpha value is -0.790. The SMILES string of the molecule is COCc1nc(-c2cccc(F)c2)nc(Cl)c1I. The zero-order valence-electron chi connectivity index (χ0n) is 9.45. The highest BCUT2D eigenvalue weighted by Gasteiger charge is 2.12. The molecule has 6 heteroatoms. The number of aromatic nitrogens is 2. The molecule has 1 heterocycles. The molecule has 2 rings (SSSR count). The van der Waals surface area contributed by atoms with Gasteiger partial charge in [-0.25, -0.2) is 14.4 Å². The van der Waals surface area contributed by atoms with Crippen molar-refractivity contribution in [3.05, 3.63) is 44.5 Å². The number of hydrogen-bond acceptors (Lipinski definition) is 3. The van der Waals surface area contributed by atoms with Gasteiger partial charge in [-0.2, -0.15) is 0 Å². The van der Waals surface area contributed by atoms with Crippen LogP contribution >= 0.6 is 34.2 Å². The van der Waals surface area contributed by atoms with Gasteiger partial charge in [-0.05, 0) is 34.7 Å².